The first-order valence-electron chi connectivity index (χ1n) is 8.27. The number of nitrogens with zero attached hydrogens (tertiary/aromatic N) is 1. The molecule has 0 atom stereocenters. The van der Waals surface area contributed by atoms with E-state index in [1.807, 2.05) is 0 Å². The fourth-order valence-electron chi connectivity index (χ4n) is 2.86. The molecule has 0 bridgehead atoms. The number of fused-ring (bicyclic) bond motifs is 1. The van der Waals surface area contributed by atoms with Gasteiger partial charge in [0.15, 0.2) is 11.6 Å². The van der Waals surface area contributed by atoms with Crippen LogP contribution in [0.5, 0.6) is 6.01 Å². The Bertz CT molecular complexity index is 820. The molecule has 0 saturated heterocycles. The van der Waals surface area contributed by atoms with Crippen LogP contribution >= 0.6 is 0 Å². The zero-order valence-electron chi connectivity index (χ0n) is 14.1. The molecule has 1 aliphatic rings. The van der Waals surface area contributed by atoms with Crippen molar-refractivity contribution in [3.63, 3.8) is 0 Å². The fraction of sp³-hybridized carbons (Fsp3) is 0.562. The highest BCUT2D eigenvalue weighted by Crippen LogP contribution is 2.25. The lowest BCUT2D eigenvalue weighted by Gasteiger charge is -2.29. The molecule has 0 unspecified atom stereocenters. The maximum absolute atomic E-state index is 13.2. The van der Waals surface area contributed by atoms with Gasteiger partial charge < -0.3 is 9.72 Å². The van der Waals surface area contributed by atoms with Gasteiger partial charge in [-0.3, -0.25) is 0 Å². The molecule has 1 aliphatic carbocycles. The van der Waals surface area contributed by atoms with Gasteiger partial charge in [0.2, 0.25) is 10.0 Å². The van der Waals surface area contributed by atoms with Gasteiger partial charge in [0.1, 0.15) is 6.10 Å². The molecule has 1 saturated carbocycles. The maximum atomic E-state index is 13.2. The van der Waals surface area contributed by atoms with E-state index in [-0.39, 0.29) is 18.2 Å². The molecule has 1 aromatic heterocycles. The van der Waals surface area contributed by atoms with Gasteiger partial charge in [-0.2, -0.15) is 4.98 Å². The van der Waals surface area contributed by atoms with E-state index in [4.69, 9.17) is 4.74 Å². The Morgan fingerprint density at radius 1 is 1.20 bits per heavy atom. The van der Waals surface area contributed by atoms with Gasteiger partial charge in [0, 0.05) is 18.2 Å². The van der Waals surface area contributed by atoms with Gasteiger partial charge in [0.05, 0.1) is 16.3 Å². The predicted octanol–water partition coefficient (Wildman–Crippen LogP) is 2.86. The lowest BCUT2D eigenvalue weighted by atomic mass is 9.94. The topological polar surface area (TPSA) is 84.1 Å². The Balaban J connectivity index is 1.59. The maximum Gasteiger partial charge on any atom is 0.294 e. The third-order valence-corrected chi connectivity index (χ3v) is 6.31. The van der Waals surface area contributed by atoms with E-state index >= 15 is 0 Å². The zero-order valence-corrected chi connectivity index (χ0v) is 14.9. The quantitative estimate of drug-likeness (QED) is 0.844. The molecule has 9 heteroatoms. The van der Waals surface area contributed by atoms with Crippen LogP contribution in [0.15, 0.2) is 12.1 Å². The summed E-state index contributed by atoms with van der Waals surface area (Å²) in [6.45, 7) is 3.29. The van der Waals surface area contributed by atoms with Crippen molar-refractivity contribution in [3.8, 4) is 6.01 Å². The lowest BCUT2D eigenvalue weighted by Crippen LogP contribution is -2.42. The largest absolute Gasteiger partial charge is 0.461 e. The second-order valence-electron chi connectivity index (χ2n) is 6.63. The summed E-state index contributed by atoms with van der Waals surface area (Å²) < 4.78 is 58.8. The van der Waals surface area contributed by atoms with Gasteiger partial charge in [-0.05, 0) is 39.5 Å². The van der Waals surface area contributed by atoms with Gasteiger partial charge in [-0.25, -0.2) is 21.9 Å². The van der Waals surface area contributed by atoms with Crippen molar-refractivity contribution in [1.29, 1.82) is 0 Å². The Labute approximate surface area is 145 Å². The summed E-state index contributed by atoms with van der Waals surface area (Å²) in [7, 11) is -3.28. The van der Waals surface area contributed by atoms with Crippen molar-refractivity contribution >= 4 is 21.1 Å². The van der Waals surface area contributed by atoms with Crippen molar-refractivity contribution in [3.05, 3.63) is 23.8 Å². The number of ether oxygens (including phenoxy) is 1. The summed E-state index contributed by atoms with van der Waals surface area (Å²) >= 11 is 0. The van der Waals surface area contributed by atoms with Gasteiger partial charge in [-0.1, -0.05) is 0 Å². The lowest BCUT2D eigenvalue weighted by molar-refractivity contribution is 0.134. The van der Waals surface area contributed by atoms with Crippen LogP contribution in [-0.2, 0) is 10.0 Å². The van der Waals surface area contributed by atoms with Crippen LogP contribution in [0.3, 0.4) is 0 Å². The third kappa shape index (κ3) is 4.09. The number of aromatic nitrogens is 2. The van der Waals surface area contributed by atoms with Gasteiger partial charge in [-0.15, -0.1) is 0 Å². The Kier molecular flexibility index (Phi) is 4.97. The Morgan fingerprint density at radius 3 is 2.48 bits per heavy atom. The first-order chi connectivity index (χ1) is 11.7. The first kappa shape index (κ1) is 18.1. The molecule has 0 spiro atoms. The van der Waals surface area contributed by atoms with Crippen LogP contribution in [0.4, 0.5) is 8.78 Å². The summed E-state index contributed by atoms with van der Waals surface area (Å²) in [6, 6.07) is 2.19. The second-order valence-corrected chi connectivity index (χ2v) is 8.90. The fourth-order valence-corrected chi connectivity index (χ4v) is 3.83. The summed E-state index contributed by atoms with van der Waals surface area (Å²) in [6.07, 6.45) is 2.56. The van der Waals surface area contributed by atoms with Crippen LogP contribution < -0.4 is 9.46 Å². The highest BCUT2D eigenvalue weighted by molar-refractivity contribution is 7.90. The number of hydrogen-bond donors (Lipinski definition) is 2. The molecule has 3 rings (SSSR count). The van der Waals surface area contributed by atoms with Crippen LogP contribution in [0.2, 0.25) is 0 Å². The van der Waals surface area contributed by atoms with E-state index in [0.717, 1.165) is 12.1 Å². The molecule has 2 N–H and O–H groups in total. The Morgan fingerprint density at radius 2 is 1.84 bits per heavy atom. The van der Waals surface area contributed by atoms with E-state index < -0.39 is 26.9 Å². The molecular formula is C16H21F2N3O3S. The number of halogens is 2. The number of aromatic amines is 1. The van der Waals surface area contributed by atoms with E-state index in [1.54, 1.807) is 13.8 Å². The number of sulfonamides is 1. The molecule has 6 nitrogen and oxygen atoms in total. The van der Waals surface area contributed by atoms with E-state index in [9.17, 15) is 17.2 Å². The number of benzene rings is 1. The first-order valence-corrected chi connectivity index (χ1v) is 9.82. The number of imidazole rings is 1. The molecule has 2 aromatic rings. The zero-order chi connectivity index (χ0) is 18.2. The summed E-state index contributed by atoms with van der Waals surface area (Å²) in [4.78, 5) is 6.94. The Hall–Kier alpha value is -1.74. The van der Waals surface area contributed by atoms with E-state index in [2.05, 4.69) is 14.7 Å². The predicted molar refractivity (Wildman–Crippen MR) is 89.9 cm³/mol. The van der Waals surface area contributed by atoms with Crippen molar-refractivity contribution in [2.45, 2.75) is 56.9 Å². The van der Waals surface area contributed by atoms with Crippen LogP contribution in [0.1, 0.15) is 39.5 Å². The summed E-state index contributed by atoms with van der Waals surface area (Å²) in [5.74, 6) is -1.90. The van der Waals surface area contributed by atoms with Crippen molar-refractivity contribution in [2.75, 3.05) is 0 Å². The monoisotopic (exact) mass is 373 g/mol. The highest BCUT2D eigenvalue weighted by atomic mass is 32.2. The molecule has 1 heterocycles. The molecular weight excluding hydrogens is 352 g/mol. The third-order valence-electron chi connectivity index (χ3n) is 4.41. The smallest absolute Gasteiger partial charge is 0.294 e. The average molecular weight is 373 g/mol. The molecule has 25 heavy (non-hydrogen) atoms. The summed E-state index contributed by atoms with van der Waals surface area (Å²) in [5, 5.41) is -0.460. The summed E-state index contributed by atoms with van der Waals surface area (Å²) in [5.41, 5.74) is 0.666. The second kappa shape index (κ2) is 6.87. The number of rotatable bonds is 5. The van der Waals surface area contributed by atoms with Crippen molar-refractivity contribution in [1.82, 2.24) is 14.7 Å². The van der Waals surface area contributed by atoms with Gasteiger partial charge in [0.25, 0.3) is 6.01 Å². The van der Waals surface area contributed by atoms with Crippen molar-refractivity contribution < 1.29 is 21.9 Å². The minimum absolute atomic E-state index is 0.0916. The van der Waals surface area contributed by atoms with E-state index in [1.165, 1.54) is 0 Å². The molecule has 138 valence electrons. The molecule has 0 aliphatic heterocycles. The number of H-pyrrole nitrogens is 1. The highest BCUT2D eigenvalue weighted by Gasteiger charge is 2.27. The van der Waals surface area contributed by atoms with Crippen LogP contribution in [0.25, 0.3) is 11.0 Å². The number of nitrogens with one attached hydrogen (secondary N) is 2. The van der Waals surface area contributed by atoms with Crippen LogP contribution in [-0.4, -0.2) is 35.8 Å². The van der Waals surface area contributed by atoms with Crippen molar-refractivity contribution in [2.24, 2.45) is 0 Å². The number of hydrogen-bond acceptors (Lipinski definition) is 4. The molecule has 0 radical (unpaired) electrons. The molecule has 1 aromatic carbocycles. The minimum Gasteiger partial charge on any atom is -0.461 e. The van der Waals surface area contributed by atoms with E-state index in [0.29, 0.717) is 36.7 Å². The normalized spacial score (nSPS) is 21.8. The molecule has 0 amide bonds. The minimum atomic E-state index is -3.28. The standard InChI is InChI=1S/C16H21F2N3O3S/c1-9(2)25(22,23)21-10-3-5-11(6-4-10)24-16-19-14-7-12(17)13(18)8-15(14)20-16/h7-11,21H,3-6H2,1-2H3,(H,19,20). The van der Waals surface area contributed by atoms with Gasteiger partial charge >= 0.3 is 0 Å². The average Bonchev–Trinajstić information content (AvgIpc) is 2.90. The molecule has 1 fully saturated rings. The van der Waals surface area contributed by atoms with Crippen LogP contribution in [0, 0.1) is 11.6 Å². The SMILES string of the molecule is CC(C)S(=O)(=O)NC1CCC(Oc2nc3cc(F)c(F)cc3[nH]2)CC1.